The van der Waals surface area contributed by atoms with Gasteiger partial charge in [0.05, 0.1) is 11.0 Å². The zero-order valence-corrected chi connectivity index (χ0v) is 20.5. The molecule has 1 N–H and O–H groups in total. The van der Waals surface area contributed by atoms with Gasteiger partial charge in [-0.2, -0.15) is 13.2 Å². The summed E-state index contributed by atoms with van der Waals surface area (Å²) in [6, 6.07) is 1.87. The molecule has 1 aliphatic carbocycles. The molecule has 0 aromatic carbocycles. The average Bonchev–Trinajstić information content (AvgIpc) is 3.16. The molecule has 2 atom stereocenters. The lowest BCUT2D eigenvalue weighted by molar-refractivity contribution is -0.145. The SMILES string of the molecule is CC(C)[C@]1(C(=O)N2CCN(c3cc(C(F)(F)F)ccn3)CC2)CCC(NC(=O)OC(C)(C)C)C1. The largest absolute Gasteiger partial charge is 0.444 e. The molecule has 2 fully saturated rings. The number of rotatable bonds is 4. The van der Waals surface area contributed by atoms with Crippen molar-refractivity contribution in [3.05, 3.63) is 23.9 Å². The number of hydrogen-bond donors (Lipinski definition) is 1. The number of pyridine rings is 1. The summed E-state index contributed by atoms with van der Waals surface area (Å²) < 4.78 is 44.5. The van der Waals surface area contributed by atoms with Gasteiger partial charge in [0, 0.05) is 38.4 Å². The molecular weight excluding hydrogens is 449 g/mol. The first-order valence-corrected chi connectivity index (χ1v) is 11.8. The van der Waals surface area contributed by atoms with Crippen molar-refractivity contribution in [2.24, 2.45) is 11.3 Å². The van der Waals surface area contributed by atoms with E-state index in [1.165, 1.54) is 6.20 Å². The van der Waals surface area contributed by atoms with Gasteiger partial charge in [0.15, 0.2) is 0 Å². The van der Waals surface area contributed by atoms with Gasteiger partial charge in [-0.05, 0) is 58.1 Å². The lowest BCUT2D eigenvalue weighted by atomic mass is 9.74. The average molecular weight is 485 g/mol. The molecule has 2 aliphatic rings. The van der Waals surface area contributed by atoms with Gasteiger partial charge in [-0.15, -0.1) is 0 Å². The Hall–Kier alpha value is -2.52. The molecule has 1 unspecified atom stereocenters. The second-order valence-corrected chi connectivity index (χ2v) is 10.6. The molecular formula is C24H35F3N4O3. The Bertz CT molecular complexity index is 892. The zero-order valence-electron chi connectivity index (χ0n) is 20.5. The lowest BCUT2D eigenvalue weighted by Crippen LogP contribution is -2.54. The topological polar surface area (TPSA) is 74.8 Å². The molecule has 2 amide bonds. The number of amides is 2. The van der Waals surface area contributed by atoms with Crippen molar-refractivity contribution in [2.75, 3.05) is 31.1 Å². The van der Waals surface area contributed by atoms with Crippen LogP contribution in [0.3, 0.4) is 0 Å². The number of aromatic nitrogens is 1. The van der Waals surface area contributed by atoms with E-state index >= 15 is 0 Å². The number of carbonyl (C=O) groups is 2. The maximum Gasteiger partial charge on any atom is 0.416 e. The fourth-order valence-electron chi connectivity index (χ4n) is 4.86. The van der Waals surface area contributed by atoms with E-state index in [1.807, 2.05) is 13.8 Å². The summed E-state index contributed by atoms with van der Waals surface area (Å²) in [6.07, 6.45) is -1.84. The lowest BCUT2D eigenvalue weighted by Gasteiger charge is -2.42. The molecule has 0 bridgehead atoms. The smallest absolute Gasteiger partial charge is 0.416 e. The quantitative estimate of drug-likeness (QED) is 0.683. The van der Waals surface area contributed by atoms with E-state index in [9.17, 15) is 22.8 Å². The molecule has 0 radical (unpaired) electrons. The van der Waals surface area contributed by atoms with E-state index in [2.05, 4.69) is 10.3 Å². The number of piperazine rings is 1. The Kier molecular flexibility index (Phi) is 7.38. The van der Waals surface area contributed by atoms with E-state index in [1.54, 1.807) is 30.6 Å². The molecule has 0 spiro atoms. The molecule has 1 saturated carbocycles. The third kappa shape index (κ3) is 5.93. The molecule has 1 aliphatic heterocycles. The number of halogens is 3. The minimum absolute atomic E-state index is 0.0487. The number of nitrogens with zero attached hydrogens (tertiary/aromatic N) is 3. The van der Waals surface area contributed by atoms with Crippen LogP contribution in [0.25, 0.3) is 0 Å². The predicted molar refractivity (Wildman–Crippen MR) is 122 cm³/mol. The first-order chi connectivity index (χ1) is 15.7. The molecule has 2 heterocycles. The molecule has 1 aromatic rings. The maximum atomic E-state index is 13.7. The molecule has 34 heavy (non-hydrogen) atoms. The summed E-state index contributed by atoms with van der Waals surface area (Å²) in [5.74, 6) is 0.393. The van der Waals surface area contributed by atoms with E-state index in [0.29, 0.717) is 45.4 Å². The van der Waals surface area contributed by atoms with Crippen LogP contribution in [0.15, 0.2) is 18.3 Å². The van der Waals surface area contributed by atoms with Gasteiger partial charge in [-0.1, -0.05) is 13.8 Å². The number of alkyl carbamates (subject to hydrolysis) is 1. The summed E-state index contributed by atoms with van der Waals surface area (Å²) in [6.45, 7) is 11.1. The highest BCUT2D eigenvalue weighted by atomic mass is 19.4. The molecule has 10 heteroatoms. The Morgan fingerprint density at radius 3 is 2.38 bits per heavy atom. The van der Waals surface area contributed by atoms with E-state index in [4.69, 9.17) is 4.74 Å². The number of anilines is 1. The van der Waals surface area contributed by atoms with E-state index in [0.717, 1.165) is 12.1 Å². The highest BCUT2D eigenvalue weighted by Crippen LogP contribution is 2.46. The van der Waals surface area contributed by atoms with Crippen LogP contribution in [0.2, 0.25) is 0 Å². The number of carbonyl (C=O) groups excluding carboxylic acids is 2. The van der Waals surface area contributed by atoms with Gasteiger partial charge < -0.3 is 19.9 Å². The predicted octanol–water partition coefficient (Wildman–Crippen LogP) is 4.47. The van der Waals surface area contributed by atoms with Gasteiger partial charge in [0.2, 0.25) is 5.91 Å². The first-order valence-electron chi connectivity index (χ1n) is 11.8. The van der Waals surface area contributed by atoms with Crippen molar-refractivity contribution in [3.63, 3.8) is 0 Å². The van der Waals surface area contributed by atoms with Crippen molar-refractivity contribution in [2.45, 2.75) is 71.7 Å². The van der Waals surface area contributed by atoms with Crippen molar-refractivity contribution in [3.8, 4) is 0 Å². The summed E-state index contributed by atoms with van der Waals surface area (Å²) in [5, 5.41) is 2.91. The Morgan fingerprint density at radius 1 is 1.18 bits per heavy atom. The number of nitrogens with one attached hydrogen (secondary N) is 1. The second kappa shape index (κ2) is 9.62. The van der Waals surface area contributed by atoms with Crippen LogP contribution in [0.5, 0.6) is 0 Å². The second-order valence-electron chi connectivity index (χ2n) is 10.6. The Labute approximate surface area is 199 Å². The molecule has 1 saturated heterocycles. The van der Waals surface area contributed by atoms with Gasteiger partial charge in [0.25, 0.3) is 0 Å². The number of ether oxygens (including phenoxy) is 1. The summed E-state index contributed by atoms with van der Waals surface area (Å²) >= 11 is 0. The highest BCUT2D eigenvalue weighted by Gasteiger charge is 2.50. The van der Waals surface area contributed by atoms with Crippen LogP contribution in [0, 0.1) is 11.3 Å². The molecule has 3 rings (SSSR count). The normalized spacial score (nSPS) is 23.9. The van der Waals surface area contributed by atoms with E-state index in [-0.39, 0.29) is 23.7 Å². The van der Waals surface area contributed by atoms with Crippen LogP contribution in [-0.4, -0.2) is 59.7 Å². The van der Waals surface area contributed by atoms with Crippen molar-refractivity contribution in [1.29, 1.82) is 0 Å². The van der Waals surface area contributed by atoms with Crippen LogP contribution in [0.4, 0.5) is 23.8 Å². The first kappa shape index (κ1) is 26.1. The zero-order chi connectivity index (χ0) is 25.3. The van der Waals surface area contributed by atoms with E-state index < -0.39 is 28.8 Å². The van der Waals surface area contributed by atoms with Gasteiger partial charge in [-0.3, -0.25) is 4.79 Å². The number of alkyl halides is 3. The molecule has 1 aromatic heterocycles. The van der Waals surface area contributed by atoms with Crippen LogP contribution in [0.1, 0.15) is 59.4 Å². The van der Waals surface area contributed by atoms with Gasteiger partial charge in [-0.25, -0.2) is 9.78 Å². The molecule has 190 valence electrons. The van der Waals surface area contributed by atoms with Gasteiger partial charge in [0.1, 0.15) is 11.4 Å². The van der Waals surface area contributed by atoms with Crippen LogP contribution >= 0.6 is 0 Å². The van der Waals surface area contributed by atoms with Crippen LogP contribution in [-0.2, 0) is 15.7 Å². The van der Waals surface area contributed by atoms with Crippen molar-refractivity contribution < 1.29 is 27.5 Å². The number of hydrogen-bond acceptors (Lipinski definition) is 5. The summed E-state index contributed by atoms with van der Waals surface area (Å²) in [4.78, 5) is 33.5. The van der Waals surface area contributed by atoms with Crippen molar-refractivity contribution >= 4 is 17.8 Å². The highest BCUT2D eigenvalue weighted by molar-refractivity contribution is 5.84. The summed E-state index contributed by atoms with van der Waals surface area (Å²) in [5.41, 5.74) is -1.91. The third-order valence-electron chi connectivity index (χ3n) is 6.77. The minimum atomic E-state index is -4.43. The third-order valence-corrected chi connectivity index (χ3v) is 6.77. The maximum absolute atomic E-state index is 13.7. The van der Waals surface area contributed by atoms with Crippen molar-refractivity contribution in [1.82, 2.24) is 15.2 Å². The Balaban J connectivity index is 1.63. The monoisotopic (exact) mass is 484 g/mol. The molecule has 7 nitrogen and oxygen atoms in total. The van der Waals surface area contributed by atoms with Crippen LogP contribution < -0.4 is 10.2 Å². The fraction of sp³-hybridized carbons (Fsp3) is 0.708. The Morgan fingerprint density at radius 2 is 1.82 bits per heavy atom. The summed E-state index contributed by atoms with van der Waals surface area (Å²) in [7, 11) is 0. The minimum Gasteiger partial charge on any atom is -0.444 e. The van der Waals surface area contributed by atoms with Gasteiger partial charge >= 0.3 is 12.3 Å². The standard InChI is InChI=1S/C24H35F3N4O3/c1-16(2)23(8-6-18(15-23)29-21(33)34-22(3,4)5)20(32)31-12-10-30(11-13-31)19-14-17(7-9-28-19)24(25,26)27/h7,9,14,16,18H,6,8,10-13,15H2,1-5H3,(H,29,33)/t18?,23-/m0/s1. The fourth-order valence-corrected chi connectivity index (χ4v) is 4.86.